The van der Waals surface area contributed by atoms with Gasteiger partial charge in [-0.3, -0.25) is 4.31 Å². The summed E-state index contributed by atoms with van der Waals surface area (Å²) in [5.41, 5.74) is 1.06. The van der Waals surface area contributed by atoms with Gasteiger partial charge in [0.15, 0.2) is 0 Å². The minimum absolute atomic E-state index is 0.0847. The van der Waals surface area contributed by atoms with Crippen LogP contribution < -0.4 is 4.31 Å². The molecule has 0 aliphatic carbocycles. The second-order valence-electron chi connectivity index (χ2n) is 4.49. The standard InChI is InChI=1S/C14H12Cl2FNO2S/c1-21(19,20)18(12-5-3-11(17)4-6-12)9-10-2-7-13(15)14(16)8-10/h2-8H,9H2,1H3. The molecule has 0 radical (unpaired) electrons. The molecule has 0 heterocycles. The summed E-state index contributed by atoms with van der Waals surface area (Å²) in [6.07, 6.45) is 1.09. The third-order valence-electron chi connectivity index (χ3n) is 2.83. The zero-order valence-electron chi connectivity index (χ0n) is 11.1. The smallest absolute Gasteiger partial charge is 0.232 e. The Labute approximate surface area is 133 Å². The van der Waals surface area contributed by atoms with Gasteiger partial charge in [0, 0.05) is 0 Å². The number of rotatable bonds is 4. The highest BCUT2D eigenvalue weighted by atomic mass is 35.5. The summed E-state index contributed by atoms with van der Waals surface area (Å²) < 4.78 is 38.0. The van der Waals surface area contributed by atoms with Gasteiger partial charge < -0.3 is 0 Å². The van der Waals surface area contributed by atoms with Crippen LogP contribution in [0, 0.1) is 5.82 Å². The maximum atomic E-state index is 13.0. The van der Waals surface area contributed by atoms with Crippen LogP contribution in [0.1, 0.15) is 5.56 Å². The first-order chi connectivity index (χ1) is 9.77. The third kappa shape index (κ3) is 4.09. The van der Waals surface area contributed by atoms with E-state index in [4.69, 9.17) is 23.2 Å². The average molecular weight is 348 g/mol. The van der Waals surface area contributed by atoms with Crippen LogP contribution in [0.2, 0.25) is 10.0 Å². The van der Waals surface area contributed by atoms with E-state index in [9.17, 15) is 12.8 Å². The fourth-order valence-electron chi connectivity index (χ4n) is 1.81. The fraction of sp³-hybridized carbons (Fsp3) is 0.143. The fourth-order valence-corrected chi connectivity index (χ4v) is 3.02. The SMILES string of the molecule is CS(=O)(=O)N(Cc1ccc(Cl)c(Cl)c1)c1ccc(F)cc1. The predicted molar refractivity (Wildman–Crippen MR) is 83.9 cm³/mol. The topological polar surface area (TPSA) is 37.4 Å². The minimum atomic E-state index is -3.52. The monoisotopic (exact) mass is 347 g/mol. The molecule has 0 aliphatic rings. The lowest BCUT2D eigenvalue weighted by molar-refractivity contribution is 0.596. The second-order valence-corrected chi connectivity index (χ2v) is 7.22. The molecule has 0 bridgehead atoms. The zero-order chi connectivity index (χ0) is 15.6. The van der Waals surface area contributed by atoms with Crippen molar-refractivity contribution >= 4 is 38.9 Å². The van der Waals surface area contributed by atoms with Gasteiger partial charge in [-0.25, -0.2) is 12.8 Å². The Morgan fingerprint density at radius 1 is 1.05 bits per heavy atom. The highest BCUT2D eigenvalue weighted by Crippen LogP contribution is 2.26. The molecule has 7 heteroatoms. The van der Waals surface area contributed by atoms with E-state index in [1.807, 2.05) is 0 Å². The van der Waals surface area contributed by atoms with Crippen molar-refractivity contribution in [2.75, 3.05) is 10.6 Å². The number of sulfonamides is 1. The van der Waals surface area contributed by atoms with Crippen molar-refractivity contribution in [1.29, 1.82) is 0 Å². The van der Waals surface area contributed by atoms with E-state index in [2.05, 4.69) is 0 Å². The summed E-state index contributed by atoms with van der Waals surface area (Å²) in [6, 6.07) is 10.1. The van der Waals surface area contributed by atoms with E-state index in [0.29, 0.717) is 21.3 Å². The molecule has 21 heavy (non-hydrogen) atoms. The Morgan fingerprint density at radius 3 is 2.19 bits per heavy atom. The normalized spacial score (nSPS) is 11.4. The molecule has 0 saturated carbocycles. The lowest BCUT2D eigenvalue weighted by Gasteiger charge is -2.22. The summed E-state index contributed by atoms with van der Waals surface area (Å²) in [7, 11) is -3.52. The number of halogens is 3. The molecule has 112 valence electrons. The lowest BCUT2D eigenvalue weighted by atomic mass is 10.2. The molecule has 2 aromatic rings. The highest BCUT2D eigenvalue weighted by Gasteiger charge is 2.18. The maximum absolute atomic E-state index is 13.0. The first kappa shape index (κ1) is 16.1. The molecule has 0 spiro atoms. The van der Waals surface area contributed by atoms with Crippen molar-refractivity contribution in [3.05, 3.63) is 63.9 Å². The molecule has 0 aromatic heterocycles. The zero-order valence-corrected chi connectivity index (χ0v) is 13.4. The van der Waals surface area contributed by atoms with E-state index in [-0.39, 0.29) is 6.54 Å². The van der Waals surface area contributed by atoms with Gasteiger partial charge in [-0.05, 0) is 42.0 Å². The van der Waals surface area contributed by atoms with Crippen LogP contribution in [0.4, 0.5) is 10.1 Å². The van der Waals surface area contributed by atoms with Gasteiger partial charge in [-0.2, -0.15) is 0 Å². The van der Waals surface area contributed by atoms with Crippen LogP contribution in [0.25, 0.3) is 0 Å². The van der Waals surface area contributed by atoms with E-state index in [1.165, 1.54) is 28.6 Å². The Bertz CT molecular complexity index is 748. The summed E-state index contributed by atoms with van der Waals surface area (Å²) >= 11 is 11.8. The van der Waals surface area contributed by atoms with Gasteiger partial charge in [0.1, 0.15) is 5.82 Å². The second kappa shape index (κ2) is 6.22. The number of hydrogen-bond donors (Lipinski definition) is 0. The van der Waals surface area contributed by atoms with Crippen molar-refractivity contribution in [2.45, 2.75) is 6.54 Å². The first-order valence-corrected chi connectivity index (χ1v) is 8.55. The van der Waals surface area contributed by atoms with Crippen molar-refractivity contribution in [2.24, 2.45) is 0 Å². The van der Waals surface area contributed by atoms with Crippen LogP contribution in [0.5, 0.6) is 0 Å². The maximum Gasteiger partial charge on any atom is 0.232 e. The van der Waals surface area contributed by atoms with Crippen LogP contribution in [0.15, 0.2) is 42.5 Å². The Hall–Kier alpha value is -1.30. The van der Waals surface area contributed by atoms with Gasteiger partial charge in [0.2, 0.25) is 10.0 Å². The molecule has 0 aliphatic heterocycles. The number of anilines is 1. The molecule has 0 saturated heterocycles. The molecule has 0 unspecified atom stereocenters. The highest BCUT2D eigenvalue weighted by molar-refractivity contribution is 7.92. The molecular formula is C14H12Cl2FNO2S. The lowest BCUT2D eigenvalue weighted by Crippen LogP contribution is -2.29. The minimum Gasteiger partial charge on any atom is -0.266 e. The van der Waals surface area contributed by atoms with E-state index in [0.717, 1.165) is 6.26 Å². The van der Waals surface area contributed by atoms with E-state index >= 15 is 0 Å². The molecular weight excluding hydrogens is 336 g/mol. The molecule has 3 nitrogen and oxygen atoms in total. The number of hydrogen-bond acceptors (Lipinski definition) is 2. The molecule has 0 N–H and O–H groups in total. The van der Waals surface area contributed by atoms with Crippen molar-refractivity contribution in [1.82, 2.24) is 0 Å². The quantitative estimate of drug-likeness (QED) is 0.834. The molecule has 2 aromatic carbocycles. The van der Waals surface area contributed by atoms with Crippen molar-refractivity contribution < 1.29 is 12.8 Å². The van der Waals surface area contributed by atoms with Gasteiger partial charge in [0.05, 0.1) is 28.5 Å². The Balaban J connectivity index is 2.37. The number of benzene rings is 2. The largest absolute Gasteiger partial charge is 0.266 e. The summed E-state index contributed by atoms with van der Waals surface area (Å²) in [5, 5.41) is 0.745. The predicted octanol–water partition coefficient (Wildman–Crippen LogP) is 4.10. The van der Waals surface area contributed by atoms with Gasteiger partial charge in [0.25, 0.3) is 0 Å². The van der Waals surface area contributed by atoms with Crippen molar-refractivity contribution in [3.63, 3.8) is 0 Å². The van der Waals surface area contributed by atoms with Crippen LogP contribution in [-0.4, -0.2) is 14.7 Å². The summed E-state index contributed by atoms with van der Waals surface area (Å²) in [4.78, 5) is 0. The average Bonchev–Trinajstić information content (AvgIpc) is 2.40. The van der Waals surface area contributed by atoms with E-state index < -0.39 is 15.8 Å². The van der Waals surface area contributed by atoms with E-state index in [1.54, 1.807) is 18.2 Å². The first-order valence-electron chi connectivity index (χ1n) is 5.94. The number of nitrogens with zero attached hydrogens (tertiary/aromatic N) is 1. The third-order valence-corrected chi connectivity index (χ3v) is 4.70. The summed E-state index contributed by atoms with van der Waals surface area (Å²) in [6.45, 7) is 0.0847. The molecule has 0 amide bonds. The van der Waals surface area contributed by atoms with Gasteiger partial charge >= 0.3 is 0 Å². The Kier molecular flexibility index (Phi) is 4.76. The molecule has 0 fully saturated rings. The molecule has 0 atom stereocenters. The summed E-state index contributed by atoms with van der Waals surface area (Å²) in [5.74, 6) is -0.429. The van der Waals surface area contributed by atoms with Crippen LogP contribution >= 0.6 is 23.2 Å². The van der Waals surface area contributed by atoms with Gasteiger partial charge in [-0.15, -0.1) is 0 Å². The van der Waals surface area contributed by atoms with Crippen molar-refractivity contribution in [3.8, 4) is 0 Å². The van der Waals surface area contributed by atoms with Crippen LogP contribution in [-0.2, 0) is 16.6 Å². The van der Waals surface area contributed by atoms with Gasteiger partial charge in [-0.1, -0.05) is 29.3 Å². The van der Waals surface area contributed by atoms with Crippen LogP contribution in [0.3, 0.4) is 0 Å². The molecule has 2 rings (SSSR count). The Morgan fingerprint density at radius 2 is 1.67 bits per heavy atom.